The first-order valence-corrected chi connectivity index (χ1v) is 5.24. The first-order valence-electron chi connectivity index (χ1n) is 5.24. The van der Waals surface area contributed by atoms with Crippen molar-refractivity contribution in [3.8, 4) is 0 Å². The Hall–Kier alpha value is -0.770. The minimum Gasteiger partial charge on any atom is -0.359 e. The minimum absolute atomic E-state index is 0.647. The molecule has 0 aromatic carbocycles. The Bertz CT molecular complexity index is 168. The van der Waals surface area contributed by atoms with Crippen molar-refractivity contribution < 1.29 is 0 Å². The summed E-state index contributed by atoms with van der Waals surface area (Å²) < 4.78 is 0. The summed E-state index contributed by atoms with van der Waals surface area (Å²) in [5.74, 6) is 0.850. The quantitative estimate of drug-likeness (QED) is 0.502. The SMILES string of the molecule is CCC(C)N(C)CCNC(=NC)NC. The fourth-order valence-electron chi connectivity index (χ4n) is 1.16. The summed E-state index contributed by atoms with van der Waals surface area (Å²) in [6.45, 7) is 6.41. The fraction of sp³-hybridized carbons (Fsp3) is 0.900. The fourth-order valence-corrected chi connectivity index (χ4v) is 1.16. The van der Waals surface area contributed by atoms with Gasteiger partial charge < -0.3 is 15.5 Å². The molecule has 4 nitrogen and oxygen atoms in total. The van der Waals surface area contributed by atoms with Gasteiger partial charge >= 0.3 is 0 Å². The second-order valence-corrected chi connectivity index (χ2v) is 3.49. The van der Waals surface area contributed by atoms with Gasteiger partial charge in [-0.1, -0.05) is 6.92 Å². The Morgan fingerprint density at radius 1 is 1.50 bits per heavy atom. The molecule has 14 heavy (non-hydrogen) atoms. The van der Waals surface area contributed by atoms with Crippen LogP contribution in [0, 0.1) is 0 Å². The summed E-state index contributed by atoms with van der Waals surface area (Å²) in [4.78, 5) is 6.39. The van der Waals surface area contributed by atoms with E-state index < -0.39 is 0 Å². The number of nitrogens with zero attached hydrogens (tertiary/aromatic N) is 2. The lowest BCUT2D eigenvalue weighted by Gasteiger charge is -2.23. The molecule has 0 bridgehead atoms. The highest BCUT2D eigenvalue weighted by Crippen LogP contribution is 1.97. The van der Waals surface area contributed by atoms with Crippen molar-refractivity contribution in [3.05, 3.63) is 0 Å². The van der Waals surface area contributed by atoms with Crippen LogP contribution in [-0.4, -0.2) is 51.1 Å². The second-order valence-electron chi connectivity index (χ2n) is 3.49. The first-order chi connectivity index (χ1) is 6.65. The number of hydrogen-bond acceptors (Lipinski definition) is 2. The van der Waals surface area contributed by atoms with Crippen LogP contribution in [0.2, 0.25) is 0 Å². The molecule has 0 rings (SSSR count). The smallest absolute Gasteiger partial charge is 0.190 e. The maximum atomic E-state index is 4.04. The van der Waals surface area contributed by atoms with E-state index in [1.165, 1.54) is 6.42 Å². The average molecular weight is 200 g/mol. The molecule has 0 fully saturated rings. The van der Waals surface area contributed by atoms with Crippen molar-refractivity contribution in [1.29, 1.82) is 0 Å². The molecule has 0 radical (unpaired) electrons. The maximum Gasteiger partial charge on any atom is 0.190 e. The van der Waals surface area contributed by atoms with Gasteiger partial charge in [-0.25, -0.2) is 0 Å². The highest BCUT2D eigenvalue weighted by atomic mass is 15.2. The van der Waals surface area contributed by atoms with Crippen molar-refractivity contribution >= 4 is 5.96 Å². The van der Waals surface area contributed by atoms with Gasteiger partial charge in [-0.3, -0.25) is 4.99 Å². The van der Waals surface area contributed by atoms with Gasteiger partial charge in [-0.2, -0.15) is 0 Å². The second kappa shape index (κ2) is 7.62. The summed E-state index contributed by atoms with van der Waals surface area (Å²) >= 11 is 0. The van der Waals surface area contributed by atoms with E-state index in [9.17, 15) is 0 Å². The summed E-state index contributed by atoms with van der Waals surface area (Å²) in [6, 6.07) is 0.647. The van der Waals surface area contributed by atoms with Crippen LogP contribution in [0.4, 0.5) is 0 Å². The number of aliphatic imine (C=N–C) groups is 1. The molecule has 1 atom stereocenters. The Morgan fingerprint density at radius 3 is 2.57 bits per heavy atom. The third kappa shape index (κ3) is 5.07. The first kappa shape index (κ1) is 13.2. The number of rotatable bonds is 5. The van der Waals surface area contributed by atoms with Crippen molar-refractivity contribution in [2.75, 3.05) is 34.2 Å². The van der Waals surface area contributed by atoms with E-state index in [-0.39, 0.29) is 0 Å². The molecule has 0 aromatic rings. The highest BCUT2D eigenvalue weighted by Gasteiger charge is 2.05. The van der Waals surface area contributed by atoms with E-state index in [0.29, 0.717) is 6.04 Å². The lowest BCUT2D eigenvalue weighted by atomic mass is 10.2. The Kier molecular flexibility index (Phi) is 7.20. The van der Waals surface area contributed by atoms with Crippen LogP contribution in [0.5, 0.6) is 0 Å². The molecule has 0 aliphatic heterocycles. The maximum absolute atomic E-state index is 4.04. The topological polar surface area (TPSA) is 39.7 Å². The predicted molar refractivity (Wildman–Crippen MR) is 62.8 cm³/mol. The minimum atomic E-state index is 0.647. The van der Waals surface area contributed by atoms with Crippen LogP contribution in [-0.2, 0) is 0 Å². The van der Waals surface area contributed by atoms with Gasteiger partial charge in [-0.05, 0) is 20.4 Å². The van der Waals surface area contributed by atoms with Crippen molar-refractivity contribution in [2.45, 2.75) is 26.3 Å². The summed E-state index contributed by atoms with van der Waals surface area (Å²) in [5, 5.41) is 6.22. The zero-order chi connectivity index (χ0) is 11.0. The Labute approximate surface area is 87.8 Å². The van der Waals surface area contributed by atoms with Crippen LogP contribution < -0.4 is 10.6 Å². The molecule has 84 valence electrons. The van der Waals surface area contributed by atoms with Gasteiger partial charge in [0.15, 0.2) is 5.96 Å². The number of nitrogens with one attached hydrogen (secondary N) is 2. The monoisotopic (exact) mass is 200 g/mol. The summed E-state index contributed by atoms with van der Waals surface area (Å²) in [5.41, 5.74) is 0. The van der Waals surface area contributed by atoms with Gasteiger partial charge in [0.2, 0.25) is 0 Å². The van der Waals surface area contributed by atoms with Crippen LogP contribution in [0.25, 0.3) is 0 Å². The van der Waals surface area contributed by atoms with Crippen LogP contribution in [0.3, 0.4) is 0 Å². The molecule has 0 saturated heterocycles. The molecule has 4 heteroatoms. The molecule has 0 amide bonds. The summed E-state index contributed by atoms with van der Waals surface area (Å²) in [6.07, 6.45) is 1.19. The van der Waals surface area contributed by atoms with Gasteiger partial charge in [0, 0.05) is 33.2 Å². The van der Waals surface area contributed by atoms with Gasteiger partial charge in [0.25, 0.3) is 0 Å². The van der Waals surface area contributed by atoms with Gasteiger partial charge in [0.05, 0.1) is 0 Å². The van der Waals surface area contributed by atoms with Crippen LogP contribution >= 0.6 is 0 Å². The van der Waals surface area contributed by atoms with E-state index in [1.54, 1.807) is 7.05 Å². The van der Waals surface area contributed by atoms with Crippen LogP contribution in [0.1, 0.15) is 20.3 Å². The van der Waals surface area contributed by atoms with E-state index in [2.05, 4.69) is 41.4 Å². The van der Waals surface area contributed by atoms with E-state index in [0.717, 1.165) is 19.0 Å². The molecular weight excluding hydrogens is 176 g/mol. The van der Waals surface area contributed by atoms with Crippen molar-refractivity contribution in [1.82, 2.24) is 15.5 Å². The molecule has 0 heterocycles. The van der Waals surface area contributed by atoms with Crippen LogP contribution in [0.15, 0.2) is 4.99 Å². The molecule has 0 aromatic heterocycles. The number of guanidine groups is 1. The molecule has 0 saturated carbocycles. The Balaban J connectivity index is 3.63. The molecule has 2 N–H and O–H groups in total. The van der Waals surface area contributed by atoms with E-state index in [1.807, 2.05) is 7.05 Å². The van der Waals surface area contributed by atoms with Gasteiger partial charge in [-0.15, -0.1) is 0 Å². The molecule has 0 spiro atoms. The molecule has 0 aliphatic rings. The van der Waals surface area contributed by atoms with Gasteiger partial charge in [0.1, 0.15) is 0 Å². The number of likely N-dealkylation sites (N-methyl/N-ethyl adjacent to an activating group) is 1. The zero-order valence-electron chi connectivity index (χ0n) is 10.1. The largest absolute Gasteiger partial charge is 0.359 e. The van der Waals surface area contributed by atoms with Crippen molar-refractivity contribution in [3.63, 3.8) is 0 Å². The van der Waals surface area contributed by atoms with Crippen molar-refractivity contribution in [2.24, 2.45) is 4.99 Å². The average Bonchev–Trinajstić information content (AvgIpc) is 2.22. The molecule has 1 unspecified atom stereocenters. The third-order valence-electron chi connectivity index (χ3n) is 2.56. The van der Waals surface area contributed by atoms with E-state index in [4.69, 9.17) is 0 Å². The highest BCUT2D eigenvalue weighted by molar-refractivity contribution is 5.79. The van der Waals surface area contributed by atoms with E-state index >= 15 is 0 Å². The standard InChI is InChI=1S/C10H24N4/c1-6-9(2)14(5)8-7-13-10(11-3)12-4/h9H,6-8H2,1-5H3,(H2,11,12,13). The lowest BCUT2D eigenvalue weighted by molar-refractivity contribution is 0.256. The predicted octanol–water partition coefficient (Wildman–Crippen LogP) is 0.512. The Morgan fingerprint density at radius 2 is 2.14 bits per heavy atom. The lowest BCUT2D eigenvalue weighted by Crippen LogP contribution is -2.41. The molecule has 0 aliphatic carbocycles. The molecular formula is C10H24N4. The number of hydrogen-bond donors (Lipinski definition) is 2. The zero-order valence-corrected chi connectivity index (χ0v) is 10.1. The summed E-state index contributed by atoms with van der Waals surface area (Å²) in [7, 11) is 5.79. The third-order valence-corrected chi connectivity index (χ3v) is 2.56. The normalized spacial score (nSPS) is 14.3.